The first-order valence-electron chi connectivity index (χ1n) is 11.2. The summed E-state index contributed by atoms with van der Waals surface area (Å²) in [5.74, 6) is -1.09. The molecule has 0 bridgehead atoms. The van der Waals surface area contributed by atoms with Crippen molar-refractivity contribution in [2.45, 2.75) is 31.3 Å². The highest BCUT2D eigenvalue weighted by Crippen LogP contribution is 2.24. The smallest absolute Gasteiger partial charge is 0.482 e. The summed E-state index contributed by atoms with van der Waals surface area (Å²) in [6.07, 6.45) is -4.90. The van der Waals surface area contributed by atoms with E-state index >= 15 is 0 Å². The van der Waals surface area contributed by atoms with Crippen LogP contribution in [0.1, 0.15) is 23.2 Å². The predicted octanol–water partition coefficient (Wildman–Crippen LogP) is 2.92. The quantitative estimate of drug-likeness (QED) is 0.475. The first-order chi connectivity index (χ1) is 17.5. The number of aliphatic hydroxyl groups excluding tert-OH is 1. The first-order valence-corrected chi connectivity index (χ1v) is 11.2. The number of halogens is 3. The molecule has 1 heterocycles. The average Bonchev–Trinajstić information content (AvgIpc) is 3.04. The first kappa shape index (κ1) is 27.6. The van der Waals surface area contributed by atoms with Crippen LogP contribution in [0.25, 0.3) is 0 Å². The Balaban J connectivity index is 1.58. The number of rotatable bonds is 7. The summed E-state index contributed by atoms with van der Waals surface area (Å²) < 4.78 is 50.5. The maximum absolute atomic E-state index is 12.8. The molecule has 2 aromatic carbocycles. The molecular formula is C24H26F3N3O7. The summed E-state index contributed by atoms with van der Waals surface area (Å²) >= 11 is 0. The lowest BCUT2D eigenvalue weighted by Crippen LogP contribution is -2.50. The lowest BCUT2D eigenvalue weighted by molar-refractivity contribution is -0.274. The van der Waals surface area contributed by atoms with E-state index < -0.39 is 42.2 Å². The van der Waals surface area contributed by atoms with E-state index in [1.807, 2.05) is 0 Å². The van der Waals surface area contributed by atoms with E-state index in [0.29, 0.717) is 25.1 Å². The van der Waals surface area contributed by atoms with E-state index in [1.54, 1.807) is 0 Å². The predicted molar refractivity (Wildman–Crippen MR) is 124 cm³/mol. The Hall–Kier alpha value is -4.00. The van der Waals surface area contributed by atoms with Gasteiger partial charge in [-0.2, -0.15) is 0 Å². The van der Waals surface area contributed by atoms with Crippen molar-refractivity contribution in [3.05, 3.63) is 54.1 Å². The number of esters is 1. The molecule has 2 atom stereocenters. The second-order valence-corrected chi connectivity index (χ2v) is 8.13. The van der Waals surface area contributed by atoms with Gasteiger partial charge in [-0.25, -0.2) is 9.59 Å². The molecular weight excluding hydrogens is 499 g/mol. The molecule has 13 heteroatoms. The summed E-state index contributed by atoms with van der Waals surface area (Å²) in [4.78, 5) is 38.1. The minimum Gasteiger partial charge on any atom is -0.482 e. The monoisotopic (exact) mass is 525 g/mol. The number of urea groups is 1. The third-order valence-corrected chi connectivity index (χ3v) is 5.45. The van der Waals surface area contributed by atoms with Crippen LogP contribution in [-0.4, -0.2) is 73.2 Å². The van der Waals surface area contributed by atoms with Crippen molar-refractivity contribution in [2.75, 3.05) is 32.1 Å². The van der Waals surface area contributed by atoms with E-state index in [1.165, 1.54) is 48.4 Å². The van der Waals surface area contributed by atoms with Crippen molar-refractivity contribution in [2.24, 2.45) is 0 Å². The number of nitrogens with one attached hydrogen (secondary N) is 2. The zero-order valence-corrected chi connectivity index (χ0v) is 19.8. The molecule has 1 aliphatic heterocycles. The van der Waals surface area contributed by atoms with Crippen LogP contribution in [0, 0.1) is 0 Å². The molecule has 3 rings (SSSR count). The lowest BCUT2D eigenvalue weighted by atomic mass is 10.1. The molecule has 1 aliphatic rings. The number of anilines is 1. The zero-order chi connectivity index (χ0) is 27.0. The Bertz CT molecular complexity index is 1080. The minimum atomic E-state index is -4.82. The normalized spacial score (nSPS) is 17.8. The molecule has 200 valence electrons. The number of amides is 3. The van der Waals surface area contributed by atoms with Crippen molar-refractivity contribution >= 4 is 23.6 Å². The standard InChI is InChI=1S/C24H26F3N3O7/c1-35-21(32)14-36-17-8-4-15(5-9-17)22(33)29-19-13-30(12-2-3-20(19)31)23(34)28-16-6-10-18(11-7-16)37-24(25,26)27/h4-11,19-20,31H,2-3,12-14H2,1H3,(H,28,34)(H,29,33)/t19-,20-/m1/s1. The van der Waals surface area contributed by atoms with Gasteiger partial charge in [-0.1, -0.05) is 0 Å². The number of carbonyl (C=O) groups excluding carboxylic acids is 3. The number of hydrogen-bond acceptors (Lipinski definition) is 7. The second kappa shape index (κ2) is 12.3. The maximum Gasteiger partial charge on any atom is 0.573 e. The average molecular weight is 525 g/mol. The summed E-state index contributed by atoms with van der Waals surface area (Å²) in [6.45, 7) is 0.0325. The third-order valence-electron chi connectivity index (χ3n) is 5.45. The molecule has 0 spiro atoms. The van der Waals surface area contributed by atoms with Crippen LogP contribution in [0.4, 0.5) is 23.7 Å². The SMILES string of the molecule is COC(=O)COc1ccc(C(=O)N[C@@H]2CN(C(=O)Nc3ccc(OC(F)(F)F)cc3)CCC[C@H]2O)cc1. The molecule has 0 radical (unpaired) electrons. The van der Waals surface area contributed by atoms with Crippen LogP contribution in [0.5, 0.6) is 11.5 Å². The molecule has 0 aromatic heterocycles. The Labute approximate surface area is 210 Å². The van der Waals surface area contributed by atoms with Crippen LogP contribution in [-0.2, 0) is 9.53 Å². The van der Waals surface area contributed by atoms with Crippen LogP contribution < -0.4 is 20.1 Å². The molecule has 37 heavy (non-hydrogen) atoms. The van der Waals surface area contributed by atoms with Crippen molar-refractivity contribution in [1.29, 1.82) is 0 Å². The fourth-order valence-corrected chi connectivity index (χ4v) is 3.57. The molecule has 3 N–H and O–H groups in total. The maximum atomic E-state index is 12.8. The van der Waals surface area contributed by atoms with Gasteiger partial charge in [-0.15, -0.1) is 13.2 Å². The molecule has 1 fully saturated rings. The Morgan fingerprint density at radius 1 is 1.05 bits per heavy atom. The Morgan fingerprint density at radius 2 is 1.70 bits per heavy atom. The molecule has 2 aromatic rings. The van der Waals surface area contributed by atoms with E-state index in [-0.39, 0.29) is 24.4 Å². The minimum absolute atomic E-state index is 0.00827. The summed E-state index contributed by atoms with van der Waals surface area (Å²) in [5.41, 5.74) is 0.526. The largest absolute Gasteiger partial charge is 0.573 e. The van der Waals surface area contributed by atoms with Gasteiger partial charge in [0.1, 0.15) is 11.5 Å². The third kappa shape index (κ3) is 8.56. The highest BCUT2D eigenvalue weighted by Gasteiger charge is 2.31. The van der Waals surface area contributed by atoms with E-state index in [9.17, 15) is 32.7 Å². The number of aliphatic hydroxyl groups is 1. The van der Waals surface area contributed by atoms with Gasteiger partial charge in [0, 0.05) is 24.3 Å². The van der Waals surface area contributed by atoms with Gasteiger partial charge in [-0.05, 0) is 61.4 Å². The van der Waals surface area contributed by atoms with Crippen LogP contribution in [0.3, 0.4) is 0 Å². The van der Waals surface area contributed by atoms with Crippen molar-refractivity contribution in [3.63, 3.8) is 0 Å². The second-order valence-electron chi connectivity index (χ2n) is 8.13. The molecule has 1 saturated heterocycles. The topological polar surface area (TPSA) is 126 Å². The van der Waals surface area contributed by atoms with Gasteiger partial charge < -0.3 is 34.9 Å². The number of benzene rings is 2. The highest BCUT2D eigenvalue weighted by molar-refractivity contribution is 5.94. The number of methoxy groups -OCH3 is 1. The molecule has 3 amide bonds. The summed E-state index contributed by atoms with van der Waals surface area (Å²) in [6, 6.07) is 9.37. The van der Waals surface area contributed by atoms with Crippen LogP contribution in [0.2, 0.25) is 0 Å². The van der Waals surface area contributed by atoms with Gasteiger partial charge in [0.15, 0.2) is 6.61 Å². The molecule has 0 unspecified atom stereocenters. The Morgan fingerprint density at radius 3 is 2.32 bits per heavy atom. The summed E-state index contributed by atoms with van der Waals surface area (Å²) in [5, 5.41) is 15.8. The van der Waals surface area contributed by atoms with Crippen LogP contribution in [0.15, 0.2) is 48.5 Å². The van der Waals surface area contributed by atoms with Gasteiger partial charge in [-0.3, -0.25) is 4.79 Å². The fourth-order valence-electron chi connectivity index (χ4n) is 3.57. The highest BCUT2D eigenvalue weighted by atomic mass is 19.4. The van der Waals surface area contributed by atoms with Gasteiger partial charge >= 0.3 is 18.4 Å². The van der Waals surface area contributed by atoms with Crippen molar-refractivity contribution in [3.8, 4) is 11.5 Å². The molecule has 0 aliphatic carbocycles. The Kier molecular flexibility index (Phi) is 9.17. The van der Waals surface area contributed by atoms with E-state index in [4.69, 9.17) is 4.74 Å². The molecule has 0 saturated carbocycles. The number of nitrogens with zero attached hydrogens (tertiary/aromatic N) is 1. The van der Waals surface area contributed by atoms with E-state index in [0.717, 1.165) is 12.1 Å². The van der Waals surface area contributed by atoms with E-state index in [2.05, 4.69) is 20.1 Å². The van der Waals surface area contributed by atoms with Gasteiger partial charge in [0.25, 0.3) is 5.91 Å². The zero-order valence-electron chi connectivity index (χ0n) is 19.8. The number of ether oxygens (including phenoxy) is 3. The summed E-state index contributed by atoms with van der Waals surface area (Å²) in [7, 11) is 1.24. The number of carbonyl (C=O) groups is 3. The van der Waals surface area contributed by atoms with Crippen molar-refractivity contribution in [1.82, 2.24) is 10.2 Å². The van der Waals surface area contributed by atoms with Gasteiger partial charge in [0.2, 0.25) is 0 Å². The fraction of sp³-hybridized carbons (Fsp3) is 0.375. The number of hydrogen-bond donors (Lipinski definition) is 3. The number of likely N-dealkylation sites (tertiary alicyclic amines) is 1. The van der Waals surface area contributed by atoms with Gasteiger partial charge in [0.05, 0.1) is 19.3 Å². The molecule has 10 nitrogen and oxygen atoms in total. The number of alkyl halides is 3. The lowest BCUT2D eigenvalue weighted by Gasteiger charge is -2.27. The van der Waals surface area contributed by atoms with Crippen molar-refractivity contribution < 1.29 is 46.9 Å². The van der Waals surface area contributed by atoms with Crippen LogP contribution >= 0.6 is 0 Å².